The van der Waals surface area contributed by atoms with Crippen molar-refractivity contribution >= 4 is 0 Å². The number of hydrogen-bond acceptors (Lipinski definition) is 3. The van der Waals surface area contributed by atoms with Gasteiger partial charge >= 0.3 is 0 Å². The predicted octanol–water partition coefficient (Wildman–Crippen LogP) is 0.459. The highest BCUT2D eigenvalue weighted by Gasteiger charge is 2.06. The number of aliphatic hydroxyl groups is 1. The summed E-state index contributed by atoms with van der Waals surface area (Å²) in [5.74, 6) is 0.0405. The Morgan fingerprint density at radius 2 is 2.00 bits per heavy atom. The highest BCUT2D eigenvalue weighted by Crippen LogP contribution is 1.96. The normalized spacial score (nSPS) is 16.0. The number of nitrogens with zero attached hydrogens (tertiary/aromatic N) is 2. The summed E-state index contributed by atoms with van der Waals surface area (Å²) in [6, 6.07) is 2.15. The lowest BCUT2D eigenvalue weighted by Gasteiger charge is -2.18. The van der Waals surface area contributed by atoms with Crippen LogP contribution in [0, 0.1) is 17.2 Å². The largest absolute Gasteiger partial charge is 0.392 e. The molecule has 0 saturated heterocycles. The van der Waals surface area contributed by atoms with Gasteiger partial charge in [-0.05, 0) is 20.9 Å². The zero-order valence-electron chi connectivity index (χ0n) is 7.41. The van der Waals surface area contributed by atoms with Crippen molar-refractivity contribution < 1.29 is 5.11 Å². The van der Waals surface area contributed by atoms with Crippen molar-refractivity contribution in [1.82, 2.24) is 4.90 Å². The third kappa shape index (κ3) is 5.84. The molecule has 0 aromatic carbocycles. The van der Waals surface area contributed by atoms with Gasteiger partial charge in [0.2, 0.25) is 0 Å². The Balaban J connectivity index is 3.53. The summed E-state index contributed by atoms with van der Waals surface area (Å²) in [5, 5.41) is 17.5. The van der Waals surface area contributed by atoms with Crippen LogP contribution in [0.5, 0.6) is 0 Å². The molecule has 0 aliphatic carbocycles. The van der Waals surface area contributed by atoms with Gasteiger partial charge in [-0.1, -0.05) is 0 Å². The molecule has 0 aliphatic rings. The average Bonchev–Trinajstić information content (AvgIpc) is 1.85. The van der Waals surface area contributed by atoms with Gasteiger partial charge in [0.05, 0.1) is 18.1 Å². The third-order valence-electron chi connectivity index (χ3n) is 1.38. The molecule has 0 aliphatic heterocycles. The first kappa shape index (κ1) is 10.4. The van der Waals surface area contributed by atoms with Crippen LogP contribution in [0.1, 0.15) is 13.8 Å². The van der Waals surface area contributed by atoms with Crippen molar-refractivity contribution in [3.63, 3.8) is 0 Å². The number of rotatable bonds is 4. The molecule has 3 nitrogen and oxygen atoms in total. The van der Waals surface area contributed by atoms with Gasteiger partial charge in [-0.25, -0.2) is 0 Å². The van der Waals surface area contributed by atoms with Crippen molar-refractivity contribution in [3.8, 4) is 6.07 Å². The van der Waals surface area contributed by atoms with E-state index in [0.717, 1.165) is 6.54 Å². The zero-order valence-corrected chi connectivity index (χ0v) is 7.41. The molecule has 3 heteroatoms. The highest BCUT2D eigenvalue weighted by atomic mass is 16.3. The summed E-state index contributed by atoms with van der Waals surface area (Å²) >= 11 is 0. The van der Waals surface area contributed by atoms with Gasteiger partial charge in [-0.15, -0.1) is 0 Å². The molecule has 64 valence electrons. The molecule has 0 heterocycles. The van der Waals surface area contributed by atoms with Crippen LogP contribution in [0.3, 0.4) is 0 Å². The molecule has 1 N–H and O–H groups in total. The molecular weight excluding hydrogens is 140 g/mol. The molecule has 0 saturated carbocycles. The summed E-state index contributed by atoms with van der Waals surface area (Å²) in [6.45, 7) is 4.97. The van der Waals surface area contributed by atoms with E-state index in [-0.39, 0.29) is 12.0 Å². The van der Waals surface area contributed by atoms with E-state index in [9.17, 15) is 0 Å². The van der Waals surface area contributed by atoms with Crippen LogP contribution in [0.4, 0.5) is 0 Å². The SMILES string of the molecule is CC(C#N)CN(C)C[C@H](C)O. The maximum atomic E-state index is 8.98. The van der Waals surface area contributed by atoms with Crippen molar-refractivity contribution in [2.24, 2.45) is 5.92 Å². The number of aliphatic hydroxyl groups excluding tert-OH is 1. The second kappa shape index (κ2) is 5.11. The standard InChI is InChI=1S/C8H16N2O/c1-7(4-9)5-10(3)6-8(2)11/h7-8,11H,5-6H2,1-3H3/t7?,8-/m0/s1. The minimum atomic E-state index is -0.314. The Bertz CT molecular complexity index is 140. The molecule has 0 aromatic rings. The lowest BCUT2D eigenvalue weighted by molar-refractivity contribution is 0.137. The van der Waals surface area contributed by atoms with Crippen molar-refractivity contribution in [2.75, 3.05) is 20.1 Å². The van der Waals surface area contributed by atoms with E-state index < -0.39 is 0 Å². The van der Waals surface area contributed by atoms with Gasteiger partial charge < -0.3 is 10.0 Å². The maximum absolute atomic E-state index is 8.98. The van der Waals surface area contributed by atoms with Gasteiger partial charge in [0.25, 0.3) is 0 Å². The number of likely N-dealkylation sites (N-methyl/N-ethyl adjacent to an activating group) is 1. The van der Waals surface area contributed by atoms with Crippen LogP contribution in [-0.2, 0) is 0 Å². The van der Waals surface area contributed by atoms with Crippen molar-refractivity contribution in [1.29, 1.82) is 5.26 Å². The molecule has 2 atom stereocenters. The Morgan fingerprint density at radius 1 is 1.45 bits per heavy atom. The van der Waals surface area contributed by atoms with Crippen LogP contribution in [0.2, 0.25) is 0 Å². The summed E-state index contributed by atoms with van der Waals surface area (Å²) in [7, 11) is 1.90. The molecule has 0 aromatic heterocycles. The first-order valence-electron chi connectivity index (χ1n) is 3.82. The van der Waals surface area contributed by atoms with Gasteiger partial charge in [0, 0.05) is 13.1 Å². The van der Waals surface area contributed by atoms with Gasteiger partial charge in [0.1, 0.15) is 0 Å². The third-order valence-corrected chi connectivity index (χ3v) is 1.38. The summed E-state index contributed by atoms with van der Waals surface area (Å²) in [6.07, 6.45) is -0.314. The molecule has 0 radical (unpaired) electrons. The van der Waals surface area contributed by atoms with E-state index in [0.29, 0.717) is 6.54 Å². The summed E-state index contributed by atoms with van der Waals surface area (Å²) < 4.78 is 0. The Morgan fingerprint density at radius 3 is 2.36 bits per heavy atom. The zero-order chi connectivity index (χ0) is 8.85. The van der Waals surface area contributed by atoms with Crippen LogP contribution in [0.25, 0.3) is 0 Å². The number of hydrogen-bond donors (Lipinski definition) is 1. The van der Waals surface area contributed by atoms with E-state index in [1.54, 1.807) is 6.92 Å². The smallest absolute Gasteiger partial charge is 0.0666 e. The fraction of sp³-hybridized carbons (Fsp3) is 0.875. The quantitative estimate of drug-likeness (QED) is 0.643. The van der Waals surface area contributed by atoms with E-state index in [2.05, 4.69) is 6.07 Å². The molecule has 0 bridgehead atoms. The first-order chi connectivity index (χ1) is 5.06. The van der Waals surface area contributed by atoms with Crippen LogP contribution < -0.4 is 0 Å². The van der Waals surface area contributed by atoms with Crippen molar-refractivity contribution in [3.05, 3.63) is 0 Å². The van der Waals surface area contributed by atoms with E-state index in [1.165, 1.54) is 0 Å². The van der Waals surface area contributed by atoms with Gasteiger partial charge in [-0.3, -0.25) is 0 Å². The van der Waals surface area contributed by atoms with E-state index in [4.69, 9.17) is 10.4 Å². The Hall–Kier alpha value is -0.590. The van der Waals surface area contributed by atoms with E-state index in [1.807, 2.05) is 18.9 Å². The fourth-order valence-corrected chi connectivity index (χ4v) is 1.03. The van der Waals surface area contributed by atoms with Crippen LogP contribution in [-0.4, -0.2) is 36.2 Å². The maximum Gasteiger partial charge on any atom is 0.0666 e. The van der Waals surface area contributed by atoms with Gasteiger partial charge in [0.15, 0.2) is 0 Å². The second-order valence-corrected chi connectivity index (χ2v) is 3.10. The Kier molecular flexibility index (Phi) is 4.84. The van der Waals surface area contributed by atoms with Gasteiger partial charge in [-0.2, -0.15) is 5.26 Å². The topological polar surface area (TPSA) is 47.3 Å². The van der Waals surface area contributed by atoms with E-state index >= 15 is 0 Å². The molecule has 11 heavy (non-hydrogen) atoms. The lowest BCUT2D eigenvalue weighted by atomic mass is 10.2. The summed E-state index contributed by atoms with van der Waals surface area (Å²) in [5.41, 5.74) is 0. The molecule has 0 amide bonds. The predicted molar refractivity (Wildman–Crippen MR) is 44.0 cm³/mol. The summed E-state index contributed by atoms with van der Waals surface area (Å²) in [4.78, 5) is 1.96. The average molecular weight is 156 g/mol. The highest BCUT2D eigenvalue weighted by molar-refractivity contribution is 4.80. The number of nitriles is 1. The monoisotopic (exact) mass is 156 g/mol. The van der Waals surface area contributed by atoms with Crippen LogP contribution in [0.15, 0.2) is 0 Å². The fourth-order valence-electron chi connectivity index (χ4n) is 1.03. The molecule has 1 unspecified atom stereocenters. The first-order valence-corrected chi connectivity index (χ1v) is 3.82. The van der Waals surface area contributed by atoms with Crippen molar-refractivity contribution in [2.45, 2.75) is 20.0 Å². The minimum absolute atomic E-state index is 0.0405. The molecular formula is C8H16N2O. The molecule has 0 rings (SSSR count). The lowest BCUT2D eigenvalue weighted by Crippen LogP contribution is -2.30. The Labute approximate surface area is 68.2 Å². The molecule has 0 fully saturated rings. The second-order valence-electron chi connectivity index (χ2n) is 3.10. The molecule has 0 spiro atoms. The van der Waals surface area contributed by atoms with Crippen LogP contribution >= 0.6 is 0 Å². The minimum Gasteiger partial charge on any atom is -0.392 e.